The summed E-state index contributed by atoms with van der Waals surface area (Å²) in [6.07, 6.45) is 22.2. The van der Waals surface area contributed by atoms with Crippen LogP contribution >= 0.6 is 0 Å². The third kappa shape index (κ3) is 13.0. The van der Waals surface area contributed by atoms with Crippen LogP contribution < -0.4 is 10.6 Å². The smallest absolute Gasteiger partial charge is 0.120 e. The van der Waals surface area contributed by atoms with Crippen molar-refractivity contribution in [3.63, 3.8) is 0 Å². The third-order valence-electron chi connectivity index (χ3n) is 6.25. The number of hydrogen-bond donors (Lipinski definition) is 4. The van der Waals surface area contributed by atoms with Crippen molar-refractivity contribution in [2.24, 2.45) is 0 Å². The third-order valence-corrected chi connectivity index (χ3v) is 6.25. The predicted molar refractivity (Wildman–Crippen MR) is 136 cm³/mol. The van der Waals surface area contributed by atoms with Gasteiger partial charge in [0.05, 0.1) is 6.10 Å². The zero-order valence-electron chi connectivity index (χ0n) is 20.0. The number of aliphatic hydroxyl groups excluding tert-OH is 1. The van der Waals surface area contributed by atoms with Crippen molar-refractivity contribution in [1.29, 1.82) is 0 Å². The van der Waals surface area contributed by atoms with E-state index in [9.17, 15) is 10.2 Å². The molecule has 1 aromatic carbocycles. The molecule has 4 nitrogen and oxygen atoms in total. The number of nitrogens with one attached hydrogen (secondary N) is 2. The summed E-state index contributed by atoms with van der Waals surface area (Å²) in [5.74, 6) is 0.387. The minimum atomic E-state index is -0.181. The number of para-hydroxylation sites is 1. The molecule has 2 rings (SSSR count). The number of hydrogen-bond acceptors (Lipinski definition) is 4. The normalized spacial score (nSPS) is 19.2. The molecule has 4 N–H and O–H groups in total. The van der Waals surface area contributed by atoms with Gasteiger partial charge in [-0.1, -0.05) is 93.4 Å². The number of rotatable bonds is 17. The van der Waals surface area contributed by atoms with Gasteiger partial charge in [0.15, 0.2) is 0 Å². The maximum absolute atomic E-state index is 9.94. The Morgan fingerprint density at radius 2 is 1.38 bits per heavy atom. The van der Waals surface area contributed by atoms with Crippen LogP contribution in [0, 0.1) is 0 Å². The molecule has 0 fully saturated rings. The second-order valence-corrected chi connectivity index (χ2v) is 9.21. The molecule has 4 heteroatoms. The van der Waals surface area contributed by atoms with Gasteiger partial charge in [0.1, 0.15) is 5.75 Å². The standard InChI is InChI=1S/C28H46N2O2/c31-27-18-11-9-10-16-25(22-27)23-29-20-14-7-5-3-1-2-4-6-8-15-21-30-24-26-17-12-13-19-28(26)32/h9-10,12-13,16-17,19,27,29-32H,1-8,11,14-15,18,20-24H2/b10-9-,25-16+. The molecule has 0 aliphatic heterocycles. The maximum Gasteiger partial charge on any atom is 0.120 e. The molecule has 0 saturated heterocycles. The van der Waals surface area contributed by atoms with Crippen molar-refractivity contribution >= 4 is 0 Å². The molecule has 180 valence electrons. The molecule has 1 aliphatic rings. The number of phenolic OH excluding ortho intramolecular Hbond substituents is 1. The molecule has 0 amide bonds. The van der Waals surface area contributed by atoms with E-state index in [1.54, 1.807) is 6.07 Å². The summed E-state index contributed by atoms with van der Waals surface area (Å²) < 4.78 is 0. The minimum absolute atomic E-state index is 0.181. The molecule has 1 aromatic rings. The van der Waals surface area contributed by atoms with Crippen molar-refractivity contribution in [2.45, 2.75) is 96.1 Å². The lowest BCUT2D eigenvalue weighted by atomic mass is 10.0. The minimum Gasteiger partial charge on any atom is -0.508 e. The van der Waals surface area contributed by atoms with Crippen molar-refractivity contribution in [3.05, 3.63) is 53.6 Å². The van der Waals surface area contributed by atoms with Gasteiger partial charge in [-0.25, -0.2) is 0 Å². The lowest BCUT2D eigenvalue weighted by molar-refractivity contribution is 0.165. The topological polar surface area (TPSA) is 64.5 Å². The molecule has 0 bridgehead atoms. The second kappa shape index (κ2) is 17.9. The quantitative estimate of drug-likeness (QED) is 0.223. The highest BCUT2D eigenvalue weighted by molar-refractivity contribution is 5.31. The van der Waals surface area contributed by atoms with Crippen LogP contribution in [0.1, 0.15) is 89.0 Å². The lowest BCUT2D eigenvalue weighted by Gasteiger charge is -2.15. The Bertz CT molecular complexity index is 657. The zero-order chi connectivity index (χ0) is 22.7. The van der Waals surface area contributed by atoms with E-state index in [1.165, 1.54) is 69.8 Å². The molecule has 1 aliphatic carbocycles. The first kappa shape index (κ1) is 26.6. The van der Waals surface area contributed by atoms with E-state index in [1.807, 2.05) is 18.2 Å². The molecule has 0 spiro atoms. The Balaban J connectivity index is 1.30. The average molecular weight is 443 g/mol. The van der Waals surface area contributed by atoms with Crippen molar-refractivity contribution in [2.75, 3.05) is 19.6 Å². The van der Waals surface area contributed by atoms with Crippen LogP contribution in [0.2, 0.25) is 0 Å². The molecule has 0 aromatic heterocycles. The van der Waals surface area contributed by atoms with E-state index in [0.29, 0.717) is 5.75 Å². The zero-order valence-corrected chi connectivity index (χ0v) is 20.0. The van der Waals surface area contributed by atoms with Gasteiger partial charge in [-0.3, -0.25) is 0 Å². The summed E-state index contributed by atoms with van der Waals surface area (Å²) in [5, 5.41) is 26.7. The first-order valence-corrected chi connectivity index (χ1v) is 13.0. The first-order chi connectivity index (χ1) is 15.8. The van der Waals surface area contributed by atoms with Crippen LogP contribution in [0.25, 0.3) is 0 Å². The van der Waals surface area contributed by atoms with Crippen LogP contribution in [0.4, 0.5) is 0 Å². The summed E-state index contributed by atoms with van der Waals surface area (Å²) in [6.45, 7) is 3.76. The van der Waals surface area contributed by atoms with E-state index in [4.69, 9.17) is 0 Å². The van der Waals surface area contributed by atoms with Gasteiger partial charge < -0.3 is 20.8 Å². The van der Waals surface area contributed by atoms with Gasteiger partial charge in [0, 0.05) is 18.7 Å². The first-order valence-electron chi connectivity index (χ1n) is 13.0. The Hall–Kier alpha value is -1.62. The Morgan fingerprint density at radius 1 is 0.781 bits per heavy atom. The van der Waals surface area contributed by atoms with E-state index >= 15 is 0 Å². The summed E-state index contributed by atoms with van der Waals surface area (Å²) in [6, 6.07) is 7.55. The molecule has 0 radical (unpaired) electrons. The number of benzene rings is 1. The summed E-state index contributed by atoms with van der Waals surface area (Å²) >= 11 is 0. The van der Waals surface area contributed by atoms with E-state index in [2.05, 4.69) is 28.9 Å². The van der Waals surface area contributed by atoms with Gasteiger partial charge in [0.25, 0.3) is 0 Å². The molecular weight excluding hydrogens is 396 g/mol. The highest BCUT2D eigenvalue weighted by atomic mass is 16.3. The predicted octanol–water partition coefficient (Wildman–Crippen LogP) is 6.00. The molecule has 1 unspecified atom stereocenters. The highest BCUT2D eigenvalue weighted by Crippen LogP contribution is 2.15. The van der Waals surface area contributed by atoms with Gasteiger partial charge >= 0.3 is 0 Å². The summed E-state index contributed by atoms with van der Waals surface area (Å²) in [5.41, 5.74) is 2.30. The van der Waals surface area contributed by atoms with E-state index in [-0.39, 0.29) is 6.10 Å². The molecular formula is C28H46N2O2. The molecule has 0 saturated carbocycles. The Morgan fingerprint density at radius 3 is 2.03 bits per heavy atom. The number of unbranched alkanes of at least 4 members (excludes halogenated alkanes) is 9. The maximum atomic E-state index is 9.94. The Kier molecular flexibility index (Phi) is 14.9. The Labute approximate surface area is 196 Å². The highest BCUT2D eigenvalue weighted by Gasteiger charge is 2.08. The van der Waals surface area contributed by atoms with Crippen molar-refractivity contribution < 1.29 is 10.2 Å². The number of allylic oxidation sites excluding steroid dienone is 3. The molecule has 0 heterocycles. The number of phenols is 1. The second-order valence-electron chi connectivity index (χ2n) is 9.21. The van der Waals surface area contributed by atoms with Gasteiger partial charge in [-0.15, -0.1) is 0 Å². The number of aromatic hydroxyl groups is 1. The monoisotopic (exact) mass is 442 g/mol. The summed E-state index contributed by atoms with van der Waals surface area (Å²) in [7, 11) is 0. The van der Waals surface area contributed by atoms with Crippen LogP contribution in [0.3, 0.4) is 0 Å². The van der Waals surface area contributed by atoms with Gasteiger partial charge in [-0.05, 0) is 51.3 Å². The van der Waals surface area contributed by atoms with Crippen molar-refractivity contribution in [3.8, 4) is 5.75 Å². The van der Waals surface area contributed by atoms with Crippen LogP contribution in [0.15, 0.2) is 48.1 Å². The van der Waals surface area contributed by atoms with Gasteiger partial charge in [-0.2, -0.15) is 0 Å². The lowest BCUT2D eigenvalue weighted by Crippen LogP contribution is -2.21. The van der Waals surface area contributed by atoms with E-state index in [0.717, 1.165) is 51.0 Å². The average Bonchev–Trinajstić information content (AvgIpc) is 2.77. The SMILES string of the molecule is Oc1ccccc1CNCCCCCCCCCCCCNC/C1=C/C=C\CCC(O)C1. The van der Waals surface area contributed by atoms with Gasteiger partial charge in [0.2, 0.25) is 0 Å². The molecule has 32 heavy (non-hydrogen) atoms. The largest absolute Gasteiger partial charge is 0.508 e. The van der Waals surface area contributed by atoms with Crippen LogP contribution in [0.5, 0.6) is 5.75 Å². The fourth-order valence-corrected chi connectivity index (χ4v) is 4.24. The fraction of sp³-hybridized carbons (Fsp3) is 0.643. The number of aliphatic hydroxyl groups is 1. The van der Waals surface area contributed by atoms with Crippen LogP contribution in [-0.4, -0.2) is 36.0 Å². The summed E-state index contributed by atoms with van der Waals surface area (Å²) in [4.78, 5) is 0. The molecule has 1 atom stereocenters. The fourth-order valence-electron chi connectivity index (χ4n) is 4.24. The van der Waals surface area contributed by atoms with E-state index < -0.39 is 0 Å². The van der Waals surface area contributed by atoms with Crippen LogP contribution in [-0.2, 0) is 6.54 Å². The van der Waals surface area contributed by atoms with Crippen molar-refractivity contribution in [1.82, 2.24) is 10.6 Å².